The van der Waals surface area contributed by atoms with E-state index in [-0.39, 0.29) is 37.7 Å². The second-order valence-corrected chi connectivity index (χ2v) is 10.0. The van der Waals surface area contributed by atoms with E-state index >= 15 is 0 Å². The first-order valence-corrected chi connectivity index (χ1v) is 12.6. The highest BCUT2D eigenvalue weighted by molar-refractivity contribution is 14.1. The second kappa shape index (κ2) is 12.2. The van der Waals surface area contributed by atoms with Crippen molar-refractivity contribution in [2.45, 2.75) is 44.6 Å². The van der Waals surface area contributed by atoms with Crippen molar-refractivity contribution in [2.24, 2.45) is 0 Å². The molecule has 0 saturated carbocycles. The zero-order chi connectivity index (χ0) is 24.7. The molecule has 0 radical (unpaired) electrons. The Bertz CT molecular complexity index is 1060. The highest BCUT2D eigenvalue weighted by atomic mass is 127. The number of hydrogen-bond acceptors (Lipinski definition) is 6. The minimum atomic E-state index is -0.755. The van der Waals surface area contributed by atoms with Gasteiger partial charge in [0.25, 0.3) is 0 Å². The number of ether oxygens (including phenoxy) is 2. The highest BCUT2D eigenvalue weighted by Crippen LogP contribution is 2.35. The van der Waals surface area contributed by atoms with Crippen molar-refractivity contribution in [1.82, 2.24) is 9.78 Å². The van der Waals surface area contributed by atoms with E-state index in [4.69, 9.17) is 21.1 Å². The van der Waals surface area contributed by atoms with Crippen LogP contribution in [0.25, 0.3) is 0 Å². The number of hydrogen-bond donors (Lipinski definition) is 3. The molecule has 7 nitrogen and oxygen atoms in total. The lowest BCUT2D eigenvalue weighted by Crippen LogP contribution is -2.25. The van der Waals surface area contributed by atoms with E-state index in [1.807, 2.05) is 36.4 Å². The second-order valence-electron chi connectivity index (χ2n) is 8.54. The minimum absolute atomic E-state index is 0.117. The Labute approximate surface area is 218 Å². The molecule has 0 aliphatic carbocycles. The normalized spacial score (nSPS) is 13.5. The van der Waals surface area contributed by atoms with Gasteiger partial charge in [0, 0.05) is 11.6 Å². The molecule has 2 aromatic carbocycles. The molecule has 0 spiro atoms. The van der Waals surface area contributed by atoms with Crippen molar-refractivity contribution in [3.8, 4) is 11.5 Å². The Morgan fingerprint density at radius 3 is 2.32 bits per heavy atom. The van der Waals surface area contributed by atoms with Gasteiger partial charge >= 0.3 is 0 Å². The molecule has 0 bridgehead atoms. The Hall–Kier alpha value is -1.85. The standard InChI is InChI=1S/C25H30ClIN2O5/c1-25(2,18-5-8-24(23(27)11-18)34-15-20(31)12-26)17-3-6-22(7-4-17)33-16-21(32)13-29-19(14-30)9-10-28-29/h3-11,20-21,30-32H,12-16H2,1-2H3/t20-,21+/m1/s1. The molecule has 3 rings (SSSR count). The Kier molecular flexibility index (Phi) is 9.61. The Morgan fingerprint density at radius 2 is 1.68 bits per heavy atom. The fraction of sp³-hybridized carbons (Fsp3) is 0.400. The van der Waals surface area contributed by atoms with Crippen LogP contribution in [0.1, 0.15) is 30.7 Å². The maximum absolute atomic E-state index is 10.3. The van der Waals surface area contributed by atoms with Crippen LogP contribution >= 0.6 is 34.2 Å². The molecule has 0 unspecified atom stereocenters. The van der Waals surface area contributed by atoms with Gasteiger partial charge in [0.05, 0.1) is 28.3 Å². The number of halogens is 2. The van der Waals surface area contributed by atoms with Crippen LogP contribution < -0.4 is 9.47 Å². The third-order valence-electron chi connectivity index (χ3n) is 5.63. The van der Waals surface area contributed by atoms with Gasteiger partial charge < -0.3 is 24.8 Å². The lowest BCUT2D eigenvalue weighted by atomic mass is 9.78. The molecule has 0 saturated heterocycles. The van der Waals surface area contributed by atoms with E-state index in [9.17, 15) is 15.3 Å². The molecule has 1 heterocycles. The number of aliphatic hydroxyl groups excluding tert-OH is 3. The van der Waals surface area contributed by atoms with E-state index in [1.54, 1.807) is 16.9 Å². The molecule has 9 heteroatoms. The first-order valence-electron chi connectivity index (χ1n) is 10.9. The highest BCUT2D eigenvalue weighted by Gasteiger charge is 2.24. The molecule has 0 amide bonds. The maximum Gasteiger partial charge on any atom is 0.132 e. The summed E-state index contributed by atoms with van der Waals surface area (Å²) < 4.78 is 14.0. The number of rotatable bonds is 12. The quantitative estimate of drug-likeness (QED) is 0.217. The van der Waals surface area contributed by atoms with Crippen LogP contribution in [0.3, 0.4) is 0 Å². The van der Waals surface area contributed by atoms with Gasteiger partial charge in [-0.05, 0) is 64.0 Å². The van der Waals surface area contributed by atoms with Crippen molar-refractivity contribution in [3.05, 3.63) is 75.1 Å². The monoisotopic (exact) mass is 600 g/mol. The van der Waals surface area contributed by atoms with Crippen molar-refractivity contribution in [2.75, 3.05) is 19.1 Å². The SMILES string of the molecule is CC(C)(c1ccc(OC[C@@H](O)Cn2nccc2CO)cc1)c1ccc(OC[C@H](O)CCl)c(I)c1. The summed E-state index contributed by atoms with van der Waals surface area (Å²) in [6.07, 6.45) is 0.140. The fourth-order valence-electron chi connectivity index (χ4n) is 3.48. The van der Waals surface area contributed by atoms with Gasteiger partial charge in [0.2, 0.25) is 0 Å². The largest absolute Gasteiger partial charge is 0.491 e. The summed E-state index contributed by atoms with van der Waals surface area (Å²) in [5.41, 5.74) is 2.64. The van der Waals surface area contributed by atoms with Gasteiger partial charge in [-0.25, -0.2) is 0 Å². The van der Waals surface area contributed by atoms with Gasteiger partial charge in [-0.15, -0.1) is 11.6 Å². The van der Waals surface area contributed by atoms with E-state index in [2.05, 4.69) is 47.6 Å². The molecule has 3 N–H and O–H groups in total. The van der Waals surface area contributed by atoms with Crippen LogP contribution in [0.15, 0.2) is 54.7 Å². The zero-order valence-electron chi connectivity index (χ0n) is 19.2. The van der Waals surface area contributed by atoms with E-state index < -0.39 is 12.2 Å². The Morgan fingerprint density at radius 1 is 1.00 bits per heavy atom. The van der Waals surface area contributed by atoms with Crippen LogP contribution in [0.4, 0.5) is 0 Å². The summed E-state index contributed by atoms with van der Waals surface area (Å²) in [6, 6.07) is 15.6. The van der Waals surface area contributed by atoms with Crippen LogP contribution in [-0.2, 0) is 18.6 Å². The molecule has 1 aromatic heterocycles. The average molecular weight is 601 g/mol. The van der Waals surface area contributed by atoms with Gasteiger partial charge in [-0.3, -0.25) is 4.68 Å². The molecule has 3 aromatic rings. The first kappa shape index (κ1) is 26.7. The summed E-state index contributed by atoms with van der Waals surface area (Å²) in [5, 5.41) is 33.3. The summed E-state index contributed by atoms with van der Waals surface area (Å²) in [6.45, 7) is 4.69. The average Bonchev–Trinajstić information content (AvgIpc) is 3.28. The predicted molar refractivity (Wildman–Crippen MR) is 140 cm³/mol. The fourth-order valence-corrected chi connectivity index (χ4v) is 4.24. The lowest BCUT2D eigenvalue weighted by molar-refractivity contribution is 0.0871. The summed E-state index contributed by atoms with van der Waals surface area (Å²) in [4.78, 5) is 0. The smallest absolute Gasteiger partial charge is 0.132 e. The van der Waals surface area contributed by atoms with Gasteiger partial charge in [-0.1, -0.05) is 32.0 Å². The van der Waals surface area contributed by atoms with Crippen LogP contribution in [0.5, 0.6) is 11.5 Å². The molecule has 2 atom stereocenters. The van der Waals surface area contributed by atoms with Crippen molar-refractivity contribution in [1.29, 1.82) is 0 Å². The van der Waals surface area contributed by atoms with E-state index in [0.29, 0.717) is 17.2 Å². The minimum Gasteiger partial charge on any atom is -0.491 e. The lowest BCUT2D eigenvalue weighted by Gasteiger charge is -2.27. The molecular formula is C25H30ClIN2O5. The topological polar surface area (TPSA) is 97.0 Å². The van der Waals surface area contributed by atoms with E-state index in [0.717, 1.165) is 14.7 Å². The summed E-state index contributed by atoms with van der Waals surface area (Å²) >= 11 is 7.87. The third-order valence-corrected chi connectivity index (χ3v) is 6.83. The first-order chi connectivity index (χ1) is 16.2. The Balaban J connectivity index is 1.61. The number of nitrogens with zero attached hydrogens (tertiary/aromatic N) is 2. The number of benzene rings is 2. The maximum atomic E-state index is 10.3. The molecule has 184 valence electrons. The molecule has 34 heavy (non-hydrogen) atoms. The number of alkyl halides is 1. The number of aliphatic hydroxyl groups is 3. The molecule has 0 aliphatic heterocycles. The third kappa shape index (κ3) is 6.85. The van der Waals surface area contributed by atoms with Crippen molar-refractivity contribution < 1.29 is 24.8 Å². The van der Waals surface area contributed by atoms with Crippen molar-refractivity contribution in [3.63, 3.8) is 0 Å². The van der Waals surface area contributed by atoms with Crippen LogP contribution in [-0.4, -0.2) is 56.4 Å². The van der Waals surface area contributed by atoms with Gasteiger partial charge in [-0.2, -0.15) is 5.10 Å². The molecular weight excluding hydrogens is 571 g/mol. The van der Waals surface area contributed by atoms with Crippen LogP contribution in [0.2, 0.25) is 0 Å². The van der Waals surface area contributed by atoms with Crippen LogP contribution in [0, 0.1) is 3.57 Å². The number of aromatic nitrogens is 2. The van der Waals surface area contributed by atoms with Gasteiger partial charge in [0.15, 0.2) is 0 Å². The van der Waals surface area contributed by atoms with E-state index in [1.165, 1.54) is 0 Å². The zero-order valence-corrected chi connectivity index (χ0v) is 22.1. The molecule has 0 fully saturated rings. The predicted octanol–water partition coefficient (Wildman–Crippen LogP) is 3.72. The van der Waals surface area contributed by atoms with Crippen molar-refractivity contribution >= 4 is 34.2 Å². The molecule has 0 aliphatic rings. The summed E-state index contributed by atoms with van der Waals surface area (Å²) in [7, 11) is 0. The van der Waals surface area contributed by atoms with Gasteiger partial charge in [0.1, 0.15) is 36.9 Å². The summed E-state index contributed by atoms with van der Waals surface area (Å²) in [5.74, 6) is 1.51.